The number of benzene rings is 1. The molecule has 4 unspecified atom stereocenters. The van der Waals surface area contributed by atoms with E-state index in [0.29, 0.717) is 31.2 Å². The van der Waals surface area contributed by atoms with Gasteiger partial charge in [0.05, 0.1) is 6.10 Å². The summed E-state index contributed by atoms with van der Waals surface area (Å²) >= 11 is 0. The molecule has 2 heterocycles. The van der Waals surface area contributed by atoms with Crippen molar-refractivity contribution in [3.05, 3.63) is 54.1 Å². The number of hydrogen-bond donors (Lipinski definition) is 3. The van der Waals surface area contributed by atoms with E-state index in [0.717, 1.165) is 44.0 Å². The first kappa shape index (κ1) is 22.1. The molecule has 1 aromatic carbocycles. The van der Waals surface area contributed by atoms with Crippen molar-refractivity contribution in [3.63, 3.8) is 0 Å². The highest BCUT2D eigenvalue weighted by atomic mass is 16.5. The number of aliphatic hydroxyl groups excluding tert-OH is 2. The van der Waals surface area contributed by atoms with Gasteiger partial charge in [0.25, 0.3) is 0 Å². The summed E-state index contributed by atoms with van der Waals surface area (Å²) in [6.45, 7) is 2.87. The SMILES string of the molecule is OCC1C(O)CC(NCC2CCOCC2)C1Cc1ccnc(COc2ccccc2)n1. The van der Waals surface area contributed by atoms with Crippen LogP contribution in [0.5, 0.6) is 5.75 Å². The van der Waals surface area contributed by atoms with Gasteiger partial charge in [0.2, 0.25) is 0 Å². The van der Waals surface area contributed by atoms with Crippen molar-refractivity contribution < 1.29 is 19.7 Å². The van der Waals surface area contributed by atoms with Gasteiger partial charge in [-0.25, -0.2) is 9.97 Å². The lowest BCUT2D eigenvalue weighted by Crippen LogP contribution is -2.40. The van der Waals surface area contributed by atoms with Crippen LogP contribution in [0.3, 0.4) is 0 Å². The Kier molecular flexibility index (Phi) is 7.86. The Morgan fingerprint density at radius 3 is 2.68 bits per heavy atom. The minimum Gasteiger partial charge on any atom is -0.486 e. The number of aliphatic hydroxyl groups is 2. The average molecular weight is 428 g/mol. The number of ether oxygens (including phenoxy) is 2. The molecule has 1 saturated heterocycles. The third-order valence-corrected chi connectivity index (χ3v) is 6.60. The maximum absolute atomic E-state index is 10.5. The van der Waals surface area contributed by atoms with Gasteiger partial charge in [0, 0.05) is 43.7 Å². The molecule has 4 rings (SSSR count). The van der Waals surface area contributed by atoms with Gasteiger partial charge in [-0.05, 0) is 62.3 Å². The standard InChI is InChI=1S/C24H33N3O4/c28-15-21-20(22(13-23(21)29)26-14-17-7-10-30-11-8-17)12-18-6-9-25-24(27-18)16-31-19-4-2-1-3-5-19/h1-6,9,17,20-23,26,28-29H,7-8,10-16H2. The van der Waals surface area contributed by atoms with Crippen LogP contribution in [0.4, 0.5) is 0 Å². The lowest BCUT2D eigenvalue weighted by molar-refractivity contribution is 0.0642. The minimum atomic E-state index is -0.495. The highest BCUT2D eigenvalue weighted by Crippen LogP contribution is 2.35. The molecule has 1 aromatic heterocycles. The first-order valence-electron chi connectivity index (χ1n) is 11.3. The Labute approximate surface area is 183 Å². The Bertz CT molecular complexity index is 800. The third kappa shape index (κ3) is 6.01. The molecule has 1 aliphatic carbocycles. The van der Waals surface area contributed by atoms with Gasteiger partial charge >= 0.3 is 0 Å². The minimum absolute atomic E-state index is 0.0175. The van der Waals surface area contributed by atoms with E-state index >= 15 is 0 Å². The molecule has 0 bridgehead atoms. The fourth-order valence-corrected chi connectivity index (χ4v) is 4.78. The summed E-state index contributed by atoms with van der Waals surface area (Å²) in [5.41, 5.74) is 0.914. The summed E-state index contributed by atoms with van der Waals surface area (Å²) < 4.78 is 11.2. The normalized spacial score (nSPS) is 26.8. The van der Waals surface area contributed by atoms with E-state index in [9.17, 15) is 10.2 Å². The molecular weight excluding hydrogens is 394 g/mol. The molecule has 31 heavy (non-hydrogen) atoms. The van der Waals surface area contributed by atoms with Crippen molar-refractivity contribution >= 4 is 0 Å². The summed E-state index contributed by atoms with van der Waals surface area (Å²) in [6.07, 6.45) is 4.77. The molecule has 7 nitrogen and oxygen atoms in total. The fourth-order valence-electron chi connectivity index (χ4n) is 4.78. The van der Waals surface area contributed by atoms with E-state index in [-0.39, 0.29) is 24.5 Å². The zero-order chi connectivity index (χ0) is 21.5. The zero-order valence-corrected chi connectivity index (χ0v) is 17.9. The Morgan fingerprint density at radius 1 is 1.10 bits per heavy atom. The van der Waals surface area contributed by atoms with Gasteiger partial charge in [0.1, 0.15) is 12.4 Å². The van der Waals surface area contributed by atoms with Crippen LogP contribution >= 0.6 is 0 Å². The Balaban J connectivity index is 1.38. The van der Waals surface area contributed by atoms with Crippen molar-refractivity contribution in [2.24, 2.45) is 17.8 Å². The molecule has 1 aliphatic heterocycles. The van der Waals surface area contributed by atoms with Crippen molar-refractivity contribution in [1.82, 2.24) is 15.3 Å². The highest BCUT2D eigenvalue weighted by Gasteiger charge is 2.42. The van der Waals surface area contributed by atoms with Crippen molar-refractivity contribution in [1.29, 1.82) is 0 Å². The Hall–Kier alpha value is -2.06. The number of nitrogens with one attached hydrogen (secondary N) is 1. The van der Waals surface area contributed by atoms with Crippen LogP contribution in [-0.4, -0.2) is 58.7 Å². The summed E-state index contributed by atoms with van der Waals surface area (Å²) in [5.74, 6) is 2.00. The fraction of sp³-hybridized carbons (Fsp3) is 0.583. The highest BCUT2D eigenvalue weighted by molar-refractivity contribution is 5.21. The van der Waals surface area contributed by atoms with Crippen LogP contribution in [0.15, 0.2) is 42.6 Å². The molecule has 168 valence electrons. The topological polar surface area (TPSA) is 96.7 Å². The van der Waals surface area contributed by atoms with Gasteiger partial charge in [0.15, 0.2) is 5.82 Å². The second kappa shape index (κ2) is 11.0. The van der Waals surface area contributed by atoms with E-state index in [4.69, 9.17) is 9.47 Å². The molecule has 0 spiro atoms. The average Bonchev–Trinajstić information content (AvgIpc) is 3.11. The number of aromatic nitrogens is 2. The van der Waals surface area contributed by atoms with Crippen molar-refractivity contribution in [2.75, 3.05) is 26.4 Å². The molecule has 1 saturated carbocycles. The van der Waals surface area contributed by atoms with E-state index < -0.39 is 6.10 Å². The van der Waals surface area contributed by atoms with Gasteiger partial charge in [-0.1, -0.05) is 18.2 Å². The second-order valence-corrected chi connectivity index (χ2v) is 8.65. The van der Waals surface area contributed by atoms with Crippen LogP contribution in [0.25, 0.3) is 0 Å². The summed E-state index contributed by atoms with van der Waals surface area (Å²) in [7, 11) is 0. The molecule has 2 aliphatic rings. The van der Waals surface area contributed by atoms with Crippen LogP contribution in [0.2, 0.25) is 0 Å². The molecule has 7 heteroatoms. The smallest absolute Gasteiger partial charge is 0.166 e. The van der Waals surface area contributed by atoms with Crippen molar-refractivity contribution in [2.45, 2.75) is 44.4 Å². The van der Waals surface area contributed by atoms with Crippen LogP contribution in [-0.2, 0) is 17.8 Å². The largest absolute Gasteiger partial charge is 0.486 e. The molecule has 0 amide bonds. The third-order valence-electron chi connectivity index (χ3n) is 6.60. The van der Waals surface area contributed by atoms with Crippen LogP contribution in [0.1, 0.15) is 30.8 Å². The predicted molar refractivity (Wildman–Crippen MR) is 117 cm³/mol. The summed E-state index contributed by atoms with van der Waals surface area (Å²) in [5, 5.41) is 24.1. The molecule has 4 atom stereocenters. The first-order valence-corrected chi connectivity index (χ1v) is 11.3. The molecule has 3 N–H and O–H groups in total. The van der Waals surface area contributed by atoms with E-state index in [1.807, 2.05) is 36.4 Å². The van der Waals surface area contributed by atoms with Gasteiger partial charge < -0.3 is 25.0 Å². The molecule has 2 aromatic rings. The predicted octanol–water partition coefficient (Wildman–Crippen LogP) is 1.97. The van der Waals surface area contributed by atoms with Gasteiger partial charge in [-0.15, -0.1) is 0 Å². The van der Waals surface area contributed by atoms with E-state index in [2.05, 4.69) is 15.3 Å². The summed E-state index contributed by atoms with van der Waals surface area (Å²) in [4.78, 5) is 9.02. The monoisotopic (exact) mass is 427 g/mol. The molecular formula is C24H33N3O4. The number of nitrogens with zero attached hydrogens (tertiary/aromatic N) is 2. The zero-order valence-electron chi connectivity index (χ0n) is 17.9. The van der Waals surface area contributed by atoms with Gasteiger partial charge in [-0.3, -0.25) is 0 Å². The van der Waals surface area contributed by atoms with E-state index in [1.165, 1.54) is 0 Å². The van der Waals surface area contributed by atoms with Gasteiger partial charge in [-0.2, -0.15) is 0 Å². The first-order chi connectivity index (χ1) is 15.2. The molecule has 2 fully saturated rings. The molecule has 0 radical (unpaired) electrons. The maximum Gasteiger partial charge on any atom is 0.166 e. The number of hydrogen-bond acceptors (Lipinski definition) is 7. The Morgan fingerprint density at radius 2 is 1.90 bits per heavy atom. The van der Waals surface area contributed by atoms with Crippen molar-refractivity contribution in [3.8, 4) is 5.75 Å². The van der Waals surface area contributed by atoms with Crippen LogP contribution < -0.4 is 10.1 Å². The number of para-hydroxylation sites is 1. The lowest BCUT2D eigenvalue weighted by atomic mass is 9.88. The number of rotatable bonds is 9. The summed E-state index contributed by atoms with van der Waals surface area (Å²) in [6, 6.07) is 11.7. The second-order valence-electron chi connectivity index (χ2n) is 8.65. The van der Waals surface area contributed by atoms with Crippen LogP contribution in [0, 0.1) is 17.8 Å². The lowest BCUT2D eigenvalue weighted by Gasteiger charge is -2.28. The quantitative estimate of drug-likeness (QED) is 0.563. The maximum atomic E-state index is 10.5. The van der Waals surface area contributed by atoms with E-state index in [1.54, 1.807) is 6.20 Å².